The van der Waals surface area contributed by atoms with E-state index in [0.717, 1.165) is 49.3 Å². The van der Waals surface area contributed by atoms with Gasteiger partial charge in [0.15, 0.2) is 0 Å². The monoisotopic (exact) mass is 506 g/mol. The van der Waals surface area contributed by atoms with Crippen molar-refractivity contribution in [3.05, 3.63) is 67.8 Å². The van der Waals surface area contributed by atoms with E-state index in [1.54, 1.807) is 16.4 Å². The van der Waals surface area contributed by atoms with Crippen molar-refractivity contribution in [3.8, 4) is 6.07 Å². The van der Waals surface area contributed by atoms with E-state index in [1.807, 2.05) is 43.3 Å². The van der Waals surface area contributed by atoms with Gasteiger partial charge in [-0.2, -0.15) is 5.26 Å². The predicted molar refractivity (Wildman–Crippen MR) is 146 cm³/mol. The van der Waals surface area contributed by atoms with E-state index in [4.69, 9.17) is 12.2 Å². The van der Waals surface area contributed by atoms with Crippen molar-refractivity contribution in [1.29, 1.82) is 5.26 Å². The Morgan fingerprint density at radius 2 is 2.00 bits per heavy atom. The molecule has 0 spiro atoms. The zero-order valence-corrected chi connectivity index (χ0v) is 22.0. The fraction of sp³-hybridized carbons (Fsp3) is 0.407. The summed E-state index contributed by atoms with van der Waals surface area (Å²) in [6.07, 6.45) is 4.75. The fourth-order valence-corrected chi connectivity index (χ4v) is 6.16. The summed E-state index contributed by atoms with van der Waals surface area (Å²) < 4.78 is 2.22. The van der Waals surface area contributed by atoms with Gasteiger partial charge < -0.3 is 4.90 Å². The molecule has 0 saturated carbocycles. The predicted octanol–water partition coefficient (Wildman–Crippen LogP) is 4.73. The van der Waals surface area contributed by atoms with E-state index < -0.39 is 0 Å². The normalized spacial score (nSPS) is 19.5. The Bertz CT molecular complexity index is 1280. The van der Waals surface area contributed by atoms with E-state index in [-0.39, 0.29) is 17.0 Å². The van der Waals surface area contributed by atoms with Gasteiger partial charge in [0, 0.05) is 31.7 Å². The third kappa shape index (κ3) is 5.07. The molecule has 1 amide bonds. The van der Waals surface area contributed by atoms with Crippen LogP contribution in [0.15, 0.2) is 40.0 Å². The van der Waals surface area contributed by atoms with Crippen LogP contribution in [-0.4, -0.2) is 39.3 Å². The van der Waals surface area contributed by atoms with Crippen molar-refractivity contribution < 1.29 is 4.79 Å². The number of hydrogen-bond donors (Lipinski definition) is 0. The number of nitriles is 1. The van der Waals surface area contributed by atoms with Gasteiger partial charge in [-0.3, -0.25) is 19.1 Å². The molecule has 6 nitrogen and oxygen atoms in total. The maximum atomic E-state index is 13.4. The number of anilines is 1. The minimum absolute atomic E-state index is 0.124. The molecule has 2 aliphatic rings. The largest absolute Gasteiger partial charge is 0.357 e. The summed E-state index contributed by atoms with van der Waals surface area (Å²) in [5, 5.41) is 9.76. The molecule has 2 fully saturated rings. The van der Waals surface area contributed by atoms with Crippen LogP contribution < -0.4 is 10.5 Å². The smallest absolute Gasteiger partial charge is 0.270 e. The quantitative estimate of drug-likeness (QED) is 0.417. The molecule has 2 aromatic rings. The van der Waals surface area contributed by atoms with E-state index in [2.05, 4.69) is 17.9 Å². The fourth-order valence-electron chi connectivity index (χ4n) is 4.87. The number of rotatable bonds is 6. The first-order valence-electron chi connectivity index (χ1n) is 12.1. The van der Waals surface area contributed by atoms with Gasteiger partial charge in [0.2, 0.25) is 0 Å². The lowest BCUT2D eigenvalue weighted by molar-refractivity contribution is -0.122. The standard InChI is InChI=1S/C27H30N4O2S2/c1-4-30-24(29-13-8-9-18(2)17-29)21(19(3)22(16-28)25(30)32)15-23-26(33)31(27(34)35-23)14-12-20-10-6-5-7-11-20/h5-7,10-11,15,18H,4,8-9,12-14,17H2,1-3H3/b23-15+. The Labute approximate surface area is 216 Å². The molecule has 1 atom stereocenters. The number of aromatic nitrogens is 1. The third-order valence-corrected chi connectivity index (χ3v) is 8.11. The van der Waals surface area contributed by atoms with Gasteiger partial charge in [-0.25, -0.2) is 0 Å². The average molecular weight is 507 g/mol. The van der Waals surface area contributed by atoms with Crippen LogP contribution >= 0.6 is 24.0 Å². The van der Waals surface area contributed by atoms with Crippen molar-refractivity contribution in [2.45, 2.75) is 46.6 Å². The molecule has 2 aliphatic heterocycles. The van der Waals surface area contributed by atoms with E-state index in [0.29, 0.717) is 33.8 Å². The molecule has 2 saturated heterocycles. The highest BCUT2D eigenvalue weighted by molar-refractivity contribution is 8.26. The van der Waals surface area contributed by atoms with Crippen molar-refractivity contribution in [3.63, 3.8) is 0 Å². The lowest BCUT2D eigenvalue weighted by atomic mass is 9.98. The minimum Gasteiger partial charge on any atom is -0.357 e. The Balaban J connectivity index is 1.75. The molecule has 3 heterocycles. The first kappa shape index (κ1) is 25.2. The van der Waals surface area contributed by atoms with Crippen LogP contribution in [0.3, 0.4) is 0 Å². The molecular formula is C27H30N4O2S2. The number of thioether (sulfide) groups is 1. The summed E-state index contributed by atoms with van der Waals surface area (Å²) in [5.41, 5.74) is 2.39. The Kier molecular flexibility index (Phi) is 7.78. The molecule has 0 N–H and O–H groups in total. The van der Waals surface area contributed by atoms with Gasteiger partial charge in [0.1, 0.15) is 21.8 Å². The highest BCUT2D eigenvalue weighted by atomic mass is 32.2. The van der Waals surface area contributed by atoms with E-state index in [9.17, 15) is 14.9 Å². The first-order valence-corrected chi connectivity index (χ1v) is 13.3. The third-order valence-electron chi connectivity index (χ3n) is 6.74. The topological polar surface area (TPSA) is 69.3 Å². The maximum Gasteiger partial charge on any atom is 0.270 e. The number of pyridine rings is 1. The molecule has 1 aromatic carbocycles. The molecule has 4 rings (SSSR count). The lowest BCUT2D eigenvalue weighted by Gasteiger charge is -2.35. The number of hydrogen-bond acceptors (Lipinski definition) is 6. The lowest BCUT2D eigenvalue weighted by Crippen LogP contribution is -2.40. The Morgan fingerprint density at radius 1 is 1.26 bits per heavy atom. The van der Waals surface area contributed by atoms with Crippen molar-refractivity contribution in [1.82, 2.24) is 9.47 Å². The summed E-state index contributed by atoms with van der Waals surface area (Å²) in [4.78, 5) is 31.0. The van der Waals surface area contributed by atoms with Gasteiger partial charge in [-0.15, -0.1) is 0 Å². The van der Waals surface area contributed by atoms with Crippen LogP contribution in [0.25, 0.3) is 6.08 Å². The van der Waals surface area contributed by atoms with Gasteiger partial charge in [-0.05, 0) is 56.2 Å². The first-order chi connectivity index (χ1) is 16.8. The summed E-state index contributed by atoms with van der Waals surface area (Å²) in [6.45, 7) is 8.58. The molecule has 0 radical (unpaired) electrons. The highest BCUT2D eigenvalue weighted by Crippen LogP contribution is 2.36. The van der Waals surface area contributed by atoms with Gasteiger partial charge in [0.25, 0.3) is 11.5 Å². The van der Waals surface area contributed by atoms with Crippen LogP contribution in [0.4, 0.5) is 5.82 Å². The second-order valence-electron chi connectivity index (χ2n) is 9.16. The Hall–Kier alpha value is -2.89. The second kappa shape index (κ2) is 10.8. The number of amides is 1. The van der Waals surface area contributed by atoms with E-state index in [1.165, 1.54) is 11.8 Å². The molecule has 0 aliphatic carbocycles. The zero-order chi connectivity index (χ0) is 25.1. The van der Waals surface area contributed by atoms with Crippen LogP contribution in [0.5, 0.6) is 0 Å². The SMILES string of the molecule is CCn1c(N2CCCC(C)C2)c(/C=C2/SC(=S)N(CCc3ccccc3)C2=O)c(C)c(C#N)c1=O. The van der Waals surface area contributed by atoms with Crippen LogP contribution in [0.2, 0.25) is 0 Å². The summed E-state index contributed by atoms with van der Waals surface area (Å²) in [7, 11) is 0. The minimum atomic E-state index is -0.270. The summed E-state index contributed by atoms with van der Waals surface area (Å²) >= 11 is 6.85. The average Bonchev–Trinajstić information content (AvgIpc) is 3.12. The van der Waals surface area contributed by atoms with Crippen LogP contribution in [0.1, 0.15) is 48.9 Å². The second-order valence-corrected chi connectivity index (χ2v) is 10.8. The summed E-state index contributed by atoms with van der Waals surface area (Å²) in [5.74, 6) is 1.18. The van der Waals surface area contributed by atoms with Crippen LogP contribution in [-0.2, 0) is 17.8 Å². The zero-order valence-electron chi connectivity index (χ0n) is 20.4. The van der Waals surface area contributed by atoms with Crippen molar-refractivity contribution in [2.75, 3.05) is 24.5 Å². The van der Waals surface area contributed by atoms with Gasteiger partial charge >= 0.3 is 0 Å². The molecule has 1 aromatic heterocycles. The molecule has 182 valence electrons. The molecule has 35 heavy (non-hydrogen) atoms. The van der Waals surface area contributed by atoms with E-state index >= 15 is 0 Å². The molecule has 0 bridgehead atoms. The van der Waals surface area contributed by atoms with Gasteiger partial charge in [0.05, 0.1) is 4.91 Å². The molecule has 8 heteroatoms. The van der Waals surface area contributed by atoms with Gasteiger partial charge in [-0.1, -0.05) is 61.2 Å². The maximum absolute atomic E-state index is 13.4. The number of piperidine rings is 1. The van der Waals surface area contributed by atoms with Crippen molar-refractivity contribution >= 4 is 46.1 Å². The number of carbonyl (C=O) groups is 1. The number of carbonyl (C=O) groups excluding carboxylic acids is 1. The number of benzene rings is 1. The van der Waals surface area contributed by atoms with Crippen LogP contribution in [0, 0.1) is 24.2 Å². The number of nitrogens with zero attached hydrogens (tertiary/aromatic N) is 4. The molecule has 1 unspecified atom stereocenters. The molecular weight excluding hydrogens is 476 g/mol. The Morgan fingerprint density at radius 3 is 2.66 bits per heavy atom. The highest BCUT2D eigenvalue weighted by Gasteiger charge is 2.33. The summed E-state index contributed by atoms with van der Waals surface area (Å²) in [6, 6.07) is 12.1. The van der Waals surface area contributed by atoms with Crippen molar-refractivity contribution in [2.24, 2.45) is 5.92 Å². The number of thiocarbonyl (C=S) groups is 1.